The summed E-state index contributed by atoms with van der Waals surface area (Å²) in [6.07, 6.45) is -4.30. The molecule has 0 saturated carbocycles. The predicted octanol–water partition coefficient (Wildman–Crippen LogP) is 0.108. The Kier molecular flexibility index (Phi) is 2.27. The maximum atomic E-state index is 11.8. The molecule has 0 aromatic rings. The lowest BCUT2D eigenvalue weighted by molar-refractivity contribution is -0.157. The molecule has 12 heavy (non-hydrogen) atoms. The molecular weight excluding hydrogens is 173 g/mol. The van der Waals surface area contributed by atoms with Crippen LogP contribution in [-0.2, 0) is 4.79 Å². The summed E-state index contributed by atoms with van der Waals surface area (Å²) in [5.41, 5.74) is 5.30. The van der Waals surface area contributed by atoms with Gasteiger partial charge in [-0.3, -0.25) is 4.79 Å². The lowest BCUT2D eigenvalue weighted by Gasteiger charge is -2.17. The zero-order valence-corrected chi connectivity index (χ0v) is 6.27. The van der Waals surface area contributed by atoms with Gasteiger partial charge in [0.1, 0.15) is 6.54 Å². The van der Waals surface area contributed by atoms with Crippen molar-refractivity contribution in [3.05, 3.63) is 0 Å². The highest BCUT2D eigenvalue weighted by Gasteiger charge is 2.37. The molecule has 0 aliphatic carbocycles. The summed E-state index contributed by atoms with van der Waals surface area (Å²) in [7, 11) is 0. The summed E-state index contributed by atoms with van der Waals surface area (Å²) in [5, 5.41) is 0. The van der Waals surface area contributed by atoms with E-state index in [1.807, 2.05) is 0 Å². The average Bonchev–Trinajstić information content (AvgIpc) is 2.06. The fourth-order valence-corrected chi connectivity index (χ4v) is 1.17. The van der Waals surface area contributed by atoms with Crippen LogP contribution in [0.15, 0.2) is 0 Å². The molecule has 1 saturated heterocycles. The Labute approximate surface area is 67.3 Å². The number of nitrogens with two attached hydrogens (primary N) is 1. The van der Waals surface area contributed by atoms with Crippen LogP contribution < -0.4 is 5.73 Å². The van der Waals surface area contributed by atoms with Crippen molar-refractivity contribution in [2.24, 2.45) is 5.73 Å². The van der Waals surface area contributed by atoms with Crippen LogP contribution in [0.3, 0.4) is 0 Å². The normalized spacial score (nSPS) is 25.2. The van der Waals surface area contributed by atoms with Crippen LogP contribution in [0.2, 0.25) is 0 Å². The SMILES string of the molecule is NC1CC(=O)N(CC(F)(F)F)C1. The number of amides is 1. The number of likely N-dealkylation sites (tertiary alicyclic amines) is 1. The zero-order valence-electron chi connectivity index (χ0n) is 6.27. The van der Waals surface area contributed by atoms with E-state index in [1.54, 1.807) is 0 Å². The fraction of sp³-hybridized carbons (Fsp3) is 0.833. The third kappa shape index (κ3) is 2.37. The molecule has 1 amide bonds. The summed E-state index contributed by atoms with van der Waals surface area (Å²) < 4.78 is 35.3. The van der Waals surface area contributed by atoms with Gasteiger partial charge >= 0.3 is 6.18 Å². The first kappa shape index (κ1) is 9.31. The molecule has 70 valence electrons. The summed E-state index contributed by atoms with van der Waals surface area (Å²) >= 11 is 0. The predicted molar refractivity (Wildman–Crippen MR) is 35.2 cm³/mol. The molecule has 0 aromatic heterocycles. The van der Waals surface area contributed by atoms with Gasteiger partial charge < -0.3 is 10.6 Å². The van der Waals surface area contributed by atoms with E-state index in [0.29, 0.717) is 0 Å². The van der Waals surface area contributed by atoms with Gasteiger partial charge in [-0.15, -0.1) is 0 Å². The first-order valence-corrected chi connectivity index (χ1v) is 3.48. The molecule has 0 bridgehead atoms. The van der Waals surface area contributed by atoms with Crippen LogP contribution in [0, 0.1) is 0 Å². The Morgan fingerprint density at radius 3 is 2.50 bits per heavy atom. The molecule has 0 radical (unpaired) electrons. The van der Waals surface area contributed by atoms with Gasteiger partial charge in [0.05, 0.1) is 0 Å². The molecule has 0 spiro atoms. The summed E-state index contributed by atoms with van der Waals surface area (Å²) in [6.45, 7) is -1.17. The second-order valence-corrected chi connectivity index (χ2v) is 2.85. The number of hydrogen-bond donors (Lipinski definition) is 1. The van der Waals surface area contributed by atoms with Crippen molar-refractivity contribution in [2.75, 3.05) is 13.1 Å². The summed E-state index contributed by atoms with van der Waals surface area (Å²) in [5.74, 6) is -0.514. The lowest BCUT2D eigenvalue weighted by atomic mass is 10.3. The first-order chi connectivity index (χ1) is 5.38. The third-order valence-corrected chi connectivity index (χ3v) is 1.61. The number of alkyl halides is 3. The molecule has 2 N–H and O–H groups in total. The minimum atomic E-state index is -4.32. The Morgan fingerprint density at radius 2 is 2.17 bits per heavy atom. The van der Waals surface area contributed by atoms with Gasteiger partial charge in [-0.1, -0.05) is 0 Å². The second kappa shape index (κ2) is 2.93. The van der Waals surface area contributed by atoms with E-state index >= 15 is 0 Å². The van der Waals surface area contributed by atoms with Crippen LogP contribution in [0.1, 0.15) is 6.42 Å². The van der Waals surface area contributed by atoms with Crippen LogP contribution in [0.4, 0.5) is 13.2 Å². The van der Waals surface area contributed by atoms with Gasteiger partial charge in [0.2, 0.25) is 5.91 Å². The molecule has 1 rings (SSSR count). The van der Waals surface area contributed by atoms with Gasteiger partial charge in [-0.25, -0.2) is 0 Å². The summed E-state index contributed by atoms with van der Waals surface area (Å²) in [4.78, 5) is 11.5. The lowest BCUT2D eigenvalue weighted by Crippen LogP contribution is -2.36. The molecule has 6 heteroatoms. The van der Waals surface area contributed by atoms with Gasteiger partial charge in [-0.05, 0) is 0 Å². The maximum absolute atomic E-state index is 11.8. The molecule has 3 nitrogen and oxygen atoms in total. The van der Waals surface area contributed by atoms with Gasteiger partial charge in [0.25, 0.3) is 0 Å². The monoisotopic (exact) mass is 182 g/mol. The minimum absolute atomic E-state index is 0.0122. The van der Waals surface area contributed by atoms with Crippen molar-refractivity contribution in [3.63, 3.8) is 0 Å². The molecule has 0 aromatic carbocycles. The van der Waals surface area contributed by atoms with Gasteiger partial charge in [0.15, 0.2) is 0 Å². The highest BCUT2D eigenvalue weighted by molar-refractivity contribution is 5.79. The van der Waals surface area contributed by atoms with Crippen LogP contribution in [0.5, 0.6) is 0 Å². The fourth-order valence-electron chi connectivity index (χ4n) is 1.17. The van der Waals surface area contributed by atoms with Crippen molar-refractivity contribution in [1.29, 1.82) is 0 Å². The highest BCUT2D eigenvalue weighted by atomic mass is 19.4. The second-order valence-electron chi connectivity index (χ2n) is 2.85. The van der Waals surface area contributed by atoms with E-state index < -0.39 is 24.7 Å². The van der Waals surface area contributed by atoms with Crippen molar-refractivity contribution in [3.8, 4) is 0 Å². The number of halogens is 3. The van der Waals surface area contributed by atoms with Crippen LogP contribution >= 0.6 is 0 Å². The number of hydrogen-bond acceptors (Lipinski definition) is 2. The molecule has 1 fully saturated rings. The van der Waals surface area contributed by atoms with E-state index in [2.05, 4.69) is 0 Å². The number of carbonyl (C=O) groups excluding carboxylic acids is 1. The van der Waals surface area contributed by atoms with E-state index in [0.717, 1.165) is 4.90 Å². The third-order valence-electron chi connectivity index (χ3n) is 1.61. The van der Waals surface area contributed by atoms with Crippen molar-refractivity contribution < 1.29 is 18.0 Å². The van der Waals surface area contributed by atoms with Crippen molar-refractivity contribution in [1.82, 2.24) is 4.90 Å². The number of carbonyl (C=O) groups is 1. The van der Waals surface area contributed by atoms with Crippen LogP contribution in [-0.4, -0.2) is 36.1 Å². The number of nitrogens with zero attached hydrogens (tertiary/aromatic N) is 1. The van der Waals surface area contributed by atoms with E-state index in [1.165, 1.54) is 0 Å². The van der Waals surface area contributed by atoms with Crippen molar-refractivity contribution in [2.45, 2.75) is 18.6 Å². The van der Waals surface area contributed by atoms with Gasteiger partial charge in [-0.2, -0.15) is 13.2 Å². The Morgan fingerprint density at radius 1 is 1.58 bits per heavy atom. The highest BCUT2D eigenvalue weighted by Crippen LogP contribution is 2.19. The molecular formula is C6H9F3N2O. The Bertz CT molecular complexity index is 192. The molecule has 1 unspecified atom stereocenters. The molecule has 1 atom stereocenters. The first-order valence-electron chi connectivity index (χ1n) is 3.48. The largest absolute Gasteiger partial charge is 0.406 e. The van der Waals surface area contributed by atoms with E-state index in [4.69, 9.17) is 5.73 Å². The van der Waals surface area contributed by atoms with Gasteiger partial charge in [0, 0.05) is 19.0 Å². The molecule has 1 aliphatic heterocycles. The molecule has 1 heterocycles. The smallest absolute Gasteiger partial charge is 0.332 e. The van der Waals surface area contributed by atoms with Crippen molar-refractivity contribution >= 4 is 5.91 Å². The minimum Gasteiger partial charge on any atom is -0.332 e. The maximum Gasteiger partial charge on any atom is 0.406 e. The molecule has 1 aliphatic rings. The zero-order chi connectivity index (χ0) is 9.35. The van der Waals surface area contributed by atoms with E-state index in [9.17, 15) is 18.0 Å². The Balaban J connectivity index is 2.49. The quantitative estimate of drug-likeness (QED) is 0.625. The average molecular weight is 182 g/mol. The topological polar surface area (TPSA) is 46.3 Å². The van der Waals surface area contributed by atoms with E-state index in [-0.39, 0.29) is 13.0 Å². The number of rotatable bonds is 1. The standard InChI is InChI=1S/C6H9F3N2O/c7-6(8,9)3-11-2-4(10)1-5(11)12/h4H,1-3,10H2. The van der Waals surface area contributed by atoms with Crippen LogP contribution in [0.25, 0.3) is 0 Å². The Hall–Kier alpha value is -0.780. The summed E-state index contributed by atoms with van der Waals surface area (Å²) in [6, 6.07) is -0.445.